The van der Waals surface area contributed by atoms with Gasteiger partial charge in [0.1, 0.15) is 0 Å². The fraction of sp³-hybridized carbons (Fsp3) is 0.381. The number of aliphatic hydroxyl groups is 1. The molecule has 10 heteroatoms. The quantitative estimate of drug-likeness (QED) is 0.723. The number of nitrogens with zero attached hydrogens (tertiary/aromatic N) is 1. The Morgan fingerprint density at radius 1 is 1.06 bits per heavy atom. The molecule has 1 atom stereocenters. The van der Waals surface area contributed by atoms with Crippen LogP contribution in [0.3, 0.4) is 0 Å². The predicted octanol–water partition coefficient (Wildman–Crippen LogP) is 3.34. The Balaban J connectivity index is 1.66. The number of benzene rings is 2. The standard InChI is InChI=1S/C21H23F3N2O4S/c1-14(15-2-6-17(7-3-15)21(22,23)24)25-20(28)16-4-8-19(9-5-16)31(29,30)26-12-10-18(27)11-13-26/h2-9,14,18,27H,10-13H2,1H3,(H,25,28)/t14-/m1/s1. The number of carbonyl (C=O) groups is 1. The van der Waals surface area contributed by atoms with Crippen LogP contribution in [0.15, 0.2) is 53.4 Å². The summed E-state index contributed by atoms with van der Waals surface area (Å²) in [4.78, 5) is 12.5. The lowest BCUT2D eigenvalue weighted by Gasteiger charge is -2.28. The van der Waals surface area contributed by atoms with Gasteiger partial charge in [-0.05, 0) is 61.7 Å². The number of nitrogens with one attached hydrogen (secondary N) is 1. The smallest absolute Gasteiger partial charge is 0.393 e. The topological polar surface area (TPSA) is 86.7 Å². The molecule has 0 aliphatic carbocycles. The van der Waals surface area contributed by atoms with E-state index < -0.39 is 39.8 Å². The SMILES string of the molecule is C[C@@H](NC(=O)c1ccc(S(=O)(=O)N2CCC(O)CC2)cc1)c1ccc(C(F)(F)F)cc1. The Kier molecular flexibility index (Phi) is 6.73. The van der Waals surface area contributed by atoms with E-state index in [9.17, 15) is 31.5 Å². The molecule has 2 N–H and O–H groups in total. The molecule has 0 saturated carbocycles. The summed E-state index contributed by atoms with van der Waals surface area (Å²) in [7, 11) is -3.71. The average molecular weight is 456 g/mol. The van der Waals surface area contributed by atoms with Crippen LogP contribution in [0, 0.1) is 0 Å². The maximum Gasteiger partial charge on any atom is 0.416 e. The Morgan fingerprint density at radius 3 is 2.13 bits per heavy atom. The van der Waals surface area contributed by atoms with E-state index in [4.69, 9.17) is 0 Å². The van der Waals surface area contributed by atoms with Crippen LogP contribution < -0.4 is 5.32 Å². The van der Waals surface area contributed by atoms with E-state index >= 15 is 0 Å². The minimum Gasteiger partial charge on any atom is -0.393 e. The maximum absolute atomic E-state index is 12.7. The average Bonchev–Trinajstić information content (AvgIpc) is 2.73. The van der Waals surface area contributed by atoms with Crippen molar-refractivity contribution in [1.82, 2.24) is 9.62 Å². The molecule has 6 nitrogen and oxygen atoms in total. The summed E-state index contributed by atoms with van der Waals surface area (Å²) in [5.41, 5.74) is -0.0330. The summed E-state index contributed by atoms with van der Waals surface area (Å²) in [5.74, 6) is -0.475. The predicted molar refractivity (Wildman–Crippen MR) is 108 cm³/mol. The van der Waals surface area contributed by atoms with Gasteiger partial charge in [0.15, 0.2) is 0 Å². The van der Waals surface area contributed by atoms with Crippen LogP contribution in [0.2, 0.25) is 0 Å². The summed E-state index contributed by atoms with van der Waals surface area (Å²) in [6.07, 6.45) is -4.17. The molecule has 0 spiro atoms. The number of alkyl halides is 3. The normalized spacial score (nSPS) is 17.3. The Labute approximate surface area is 178 Å². The zero-order chi connectivity index (χ0) is 22.8. The first kappa shape index (κ1) is 23.2. The van der Waals surface area contributed by atoms with Gasteiger partial charge in [0, 0.05) is 18.7 Å². The number of carbonyl (C=O) groups excluding carboxylic acids is 1. The number of amides is 1. The molecular weight excluding hydrogens is 433 g/mol. The van der Waals surface area contributed by atoms with Crippen LogP contribution in [-0.4, -0.2) is 42.9 Å². The minimum atomic E-state index is -4.43. The summed E-state index contributed by atoms with van der Waals surface area (Å²) in [5, 5.41) is 12.2. The van der Waals surface area contributed by atoms with Crippen molar-refractivity contribution in [3.05, 3.63) is 65.2 Å². The third-order valence-electron chi connectivity index (χ3n) is 5.26. The Morgan fingerprint density at radius 2 is 1.61 bits per heavy atom. The van der Waals surface area contributed by atoms with Crippen molar-refractivity contribution in [3.63, 3.8) is 0 Å². The number of aliphatic hydroxyl groups excluding tert-OH is 1. The molecule has 0 radical (unpaired) electrons. The summed E-state index contributed by atoms with van der Waals surface area (Å²) >= 11 is 0. The van der Waals surface area contributed by atoms with Gasteiger partial charge in [-0.15, -0.1) is 0 Å². The molecule has 3 rings (SSSR count). The van der Waals surface area contributed by atoms with Crippen molar-refractivity contribution in [2.24, 2.45) is 0 Å². The van der Waals surface area contributed by atoms with Crippen molar-refractivity contribution in [1.29, 1.82) is 0 Å². The molecule has 2 aromatic rings. The second-order valence-corrected chi connectivity index (χ2v) is 9.41. The molecule has 0 unspecified atom stereocenters. The van der Waals surface area contributed by atoms with E-state index in [0.29, 0.717) is 18.4 Å². The van der Waals surface area contributed by atoms with Crippen LogP contribution in [0.4, 0.5) is 13.2 Å². The summed E-state index contributed by atoms with van der Waals surface area (Å²) < 4.78 is 64.7. The highest BCUT2D eigenvalue weighted by atomic mass is 32.2. The van der Waals surface area contributed by atoms with Gasteiger partial charge in [0.05, 0.1) is 22.6 Å². The van der Waals surface area contributed by atoms with Crippen molar-refractivity contribution in [2.45, 2.75) is 43.0 Å². The first-order valence-corrected chi connectivity index (χ1v) is 11.2. The monoisotopic (exact) mass is 456 g/mol. The third kappa shape index (κ3) is 5.44. The molecule has 1 fully saturated rings. The van der Waals surface area contributed by atoms with Crippen LogP contribution in [0.5, 0.6) is 0 Å². The van der Waals surface area contributed by atoms with Crippen molar-refractivity contribution < 1.29 is 31.5 Å². The highest BCUT2D eigenvalue weighted by Gasteiger charge is 2.30. The molecule has 1 aliphatic rings. The number of halogens is 3. The molecule has 0 aromatic heterocycles. The van der Waals surface area contributed by atoms with Crippen LogP contribution in [0.25, 0.3) is 0 Å². The Bertz CT molecular complexity index is 1010. The van der Waals surface area contributed by atoms with E-state index in [2.05, 4.69) is 5.32 Å². The first-order valence-electron chi connectivity index (χ1n) is 9.75. The van der Waals surface area contributed by atoms with Crippen LogP contribution >= 0.6 is 0 Å². The van der Waals surface area contributed by atoms with E-state index in [1.165, 1.54) is 40.7 Å². The first-order chi connectivity index (χ1) is 14.5. The lowest BCUT2D eigenvalue weighted by molar-refractivity contribution is -0.137. The van der Waals surface area contributed by atoms with Gasteiger partial charge in [-0.3, -0.25) is 4.79 Å². The van der Waals surface area contributed by atoms with E-state index in [-0.39, 0.29) is 23.5 Å². The number of hydrogen-bond acceptors (Lipinski definition) is 4. The maximum atomic E-state index is 12.7. The van der Waals surface area contributed by atoms with Crippen molar-refractivity contribution in [3.8, 4) is 0 Å². The largest absolute Gasteiger partial charge is 0.416 e. The van der Waals surface area contributed by atoms with E-state index in [0.717, 1.165) is 12.1 Å². The van der Waals surface area contributed by atoms with Gasteiger partial charge in [-0.1, -0.05) is 12.1 Å². The lowest BCUT2D eigenvalue weighted by atomic mass is 10.1. The van der Waals surface area contributed by atoms with Gasteiger partial charge < -0.3 is 10.4 Å². The van der Waals surface area contributed by atoms with Gasteiger partial charge in [-0.25, -0.2) is 8.42 Å². The van der Waals surface area contributed by atoms with Crippen LogP contribution in [0.1, 0.15) is 47.3 Å². The van der Waals surface area contributed by atoms with Crippen molar-refractivity contribution >= 4 is 15.9 Å². The number of sulfonamides is 1. The minimum absolute atomic E-state index is 0.0521. The number of hydrogen-bond donors (Lipinski definition) is 2. The van der Waals surface area contributed by atoms with E-state index in [1.54, 1.807) is 6.92 Å². The molecule has 0 bridgehead atoms. The molecule has 1 amide bonds. The fourth-order valence-electron chi connectivity index (χ4n) is 3.33. The fourth-order valence-corrected chi connectivity index (χ4v) is 4.80. The molecule has 168 valence electrons. The van der Waals surface area contributed by atoms with Gasteiger partial charge in [0.2, 0.25) is 10.0 Å². The third-order valence-corrected chi connectivity index (χ3v) is 7.18. The molecule has 1 saturated heterocycles. The van der Waals surface area contributed by atoms with Gasteiger partial charge in [0.25, 0.3) is 5.91 Å². The molecule has 1 aliphatic heterocycles. The molecular formula is C21H23F3N2O4S. The highest BCUT2D eigenvalue weighted by Crippen LogP contribution is 2.30. The second kappa shape index (κ2) is 8.97. The zero-order valence-corrected chi connectivity index (χ0v) is 17.6. The summed E-state index contributed by atoms with van der Waals surface area (Å²) in [6, 6.07) is 9.45. The second-order valence-electron chi connectivity index (χ2n) is 7.47. The highest BCUT2D eigenvalue weighted by molar-refractivity contribution is 7.89. The molecule has 1 heterocycles. The Hall–Kier alpha value is -2.43. The van der Waals surface area contributed by atoms with Crippen LogP contribution in [-0.2, 0) is 16.2 Å². The van der Waals surface area contributed by atoms with Gasteiger partial charge >= 0.3 is 6.18 Å². The summed E-state index contributed by atoms with van der Waals surface area (Å²) in [6.45, 7) is 2.11. The molecule has 2 aromatic carbocycles. The van der Waals surface area contributed by atoms with Gasteiger partial charge in [-0.2, -0.15) is 17.5 Å². The number of rotatable bonds is 5. The number of piperidine rings is 1. The lowest BCUT2D eigenvalue weighted by Crippen LogP contribution is -2.40. The zero-order valence-electron chi connectivity index (χ0n) is 16.8. The molecule has 31 heavy (non-hydrogen) atoms. The van der Waals surface area contributed by atoms with E-state index in [1.807, 2.05) is 0 Å². The van der Waals surface area contributed by atoms with Crippen molar-refractivity contribution in [2.75, 3.05) is 13.1 Å².